The van der Waals surface area contributed by atoms with E-state index in [2.05, 4.69) is 5.10 Å². The van der Waals surface area contributed by atoms with E-state index in [9.17, 15) is 9.59 Å². The van der Waals surface area contributed by atoms with Gasteiger partial charge in [0, 0.05) is 5.39 Å². The number of carbonyl (C=O) groups excluding carboxylic acids is 1. The number of hydrogen-bond donors (Lipinski definition) is 0. The van der Waals surface area contributed by atoms with E-state index in [0.717, 1.165) is 16.5 Å². The first-order valence-electron chi connectivity index (χ1n) is 6.41. The van der Waals surface area contributed by atoms with Crippen LogP contribution in [0, 0.1) is 0 Å². The van der Waals surface area contributed by atoms with Crippen molar-refractivity contribution >= 4 is 29.9 Å². The maximum Gasteiger partial charge on any atom is 0.275 e. The van der Waals surface area contributed by atoms with Gasteiger partial charge in [0.05, 0.1) is 11.1 Å². The minimum Gasteiger partial charge on any atom is -0.298 e. The fourth-order valence-corrected chi connectivity index (χ4v) is 2.17. The summed E-state index contributed by atoms with van der Waals surface area (Å²) in [6, 6.07) is 5.71. The number of nitrogens with zero attached hydrogens (tertiary/aromatic N) is 2. The van der Waals surface area contributed by atoms with Gasteiger partial charge in [-0.1, -0.05) is 31.4 Å². The van der Waals surface area contributed by atoms with Crippen LogP contribution in [-0.4, -0.2) is 23.4 Å². The van der Waals surface area contributed by atoms with Crippen molar-refractivity contribution in [2.24, 2.45) is 0 Å². The van der Waals surface area contributed by atoms with Gasteiger partial charge >= 0.3 is 0 Å². The highest BCUT2D eigenvalue weighted by Gasteiger charge is 2.13. The molecule has 0 N–H and O–H groups in total. The summed E-state index contributed by atoms with van der Waals surface area (Å²) in [5, 5.41) is 5.88. The molecule has 0 bridgehead atoms. The number of carbonyl (C=O) groups is 1. The summed E-state index contributed by atoms with van der Waals surface area (Å²) in [7, 11) is 1.99. The molecule has 0 spiro atoms. The van der Waals surface area contributed by atoms with Gasteiger partial charge in [-0.05, 0) is 18.9 Å². The topological polar surface area (TPSA) is 52.0 Å². The summed E-state index contributed by atoms with van der Waals surface area (Å²) in [6.45, 7) is 5.56. The lowest BCUT2D eigenvalue weighted by Gasteiger charge is -2.12. The summed E-state index contributed by atoms with van der Waals surface area (Å²) in [4.78, 5) is 23.5. The summed E-state index contributed by atoms with van der Waals surface area (Å²) in [6.07, 6.45) is 0. The second-order valence-corrected chi connectivity index (χ2v) is 5.25. The Kier molecular flexibility index (Phi) is 3.56. The van der Waals surface area contributed by atoms with E-state index in [1.165, 1.54) is 11.6 Å². The Morgan fingerprint density at radius 1 is 1.37 bits per heavy atom. The molecule has 0 aliphatic heterocycles. The highest BCUT2D eigenvalue weighted by molar-refractivity contribution is 6.33. The SMILES string of the molecule is Bc1ccc2c(=O)n(CC(C)=O)nc(C(C)C)c2c1. The van der Waals surface area contributed by atoms with Gasteiger partial charge in [0.25, 0.3) is 5.56 Å². The maximum absolute atomic E-state index is 12.3. The number of fused-ring (bicyclic) bond motifs is 1. The summed E-state index contributed by atoms with van der Waals surface area (Å²) >= 11 is 0. The van der Waals surface area contributed by atoms with Crippen LogP contribution < -0.4 is 11.0 Å². The minimum atomic E-state index is -0.199. The van der Waals surface area contributed by atoms with Crippen LogP contribution in [0.3, 0.4) is 0 Å². The van der Waals surface area contributed by atoms with E-state index < -0.39 is 0 Å². The van der Waals surface area contributed by atoms with Crippen molar-refractivity contribution in [1.82, 2.24) is 9.78 Å². The molecule has 0 saturated carbocycles. The van der Waals surface area contributed by atoms with Gasteiger partial charge in [-0.2, -0.15) is 5.10 Å². The fraction of sp³-hybridized carbons (Fsp3) is 0.357. The Hall–Kier alpha value is -1.91. The van der Waals surface area contributed by atoms with E-state index in [-0.39, 0.29) is 23.8 Å². The van der Waals surface area contributed by atoms with Crippen LogP contribution in [0.4, 0.5) is 0 Å². The lowest BCUT2D eigenvalue weighted by Crippen LogP contribution is -2.28. The third kappa shape index (κ3) is 2.60. The summed E-state index contributed by atoms with van der Waals surface area (Å²) < 4.78 is 1.27. The quantitative estimate of drug-likeness (QED) is 0.745. The van der Waals surface area contributed by atoms with Crippen LogP contribution in [0.5, 0.6) is 0 Å². The second-order valence-electron chi connectivity index (χ2n) is 5.25. The third-order valence-corrected chi connectivity index (χ3v) is 3.06. The number of aromatic nitrogens is 2. The molecule has 0 saturated heterocycles. The van der Waals surface area contributed by atoms with Gasteiger partial charge in [0.15, 0.2) is 5.78 Å². The molecule has 0 amide bonds. The van der Waals surface area contributed by atoms with Crippen LogP contribution in [0.1, 0.15) is 32.4 Å². The van der Waals surface area contributed by atoms with Gasteiger partial charge in [-0.3, -0.25) is 9.59 Å². The molecule has 4 nitrogen and oxygen atoms in total. The number of rotatable bonds is 3. The zero-order valence-electron chi connectivity index (χ0n) is 11.7. The first-order chi connectivity index (χ1) is 8.90. The Morgan fingerprint density at radius 2 is 2.05 bits per heavy atom. The number of hydrogen-bond acceptors (Lipinski definition) is 3. The molecule has 0 unspecified atom stereocenters. The van der Waals surface area contributed by atoms with Crippen LogP contribution in [-0.2, 0) is 11.3 Å². The van der Waals surface area contributed by atoms with Crippen LogP contribution in [0.15, 0.2) is 23.0 Å². The van der Waals surface area contributed by atoms with Crippen molar-refractivity contribution in [2.75, 3.05) is 0 Å². The Morgan fingerprint density at radius 3 is 2.63 bits per heavy atom. The van der Waals surface area contributed by atoms with Crippen molar-refractivity contribution in [2.45, 2.75) is 33.2 Å². The van der Waals surface area contributed by atoms with Crippen LogP contribution >= 0.6 is 0 Å². The molecule has 1 aromatic heterocycles. The van der Waals surface area contributed by atoms with Crippen molar-refractivity contribution in [1.29, 1.82) is 0 Å². The van der Waals surface area contributed by atoms with Crippen molar-refractivity contribution in [3.63, 3.8) is 0 Å². The molecule has 0 aliphatic rings. The molecule has 5 heteroatoms. The van der Waals surface area contributed by atoms with Crippen LogP contribution in [0.25, 0.3) is 10.8 Å². The van der Waals surface area contributed by atoms with Crippen molar-refractivity contribution in [3.05, 3.63) is 34.2 Å². The standard InChI is InChI=1S/C14H17BN2O2/c1-8(2)13-12-6-10(15)4-5-11(12)14(19)17(16-13)7-9(3)18/h4-6,8H,7,15H2,1-3H3. The van der Waals surface area contributed by atoms with Crippen molar-refractivity contribution < 1.29 is 4.79 Å². The Bertz CT molecular complexity index is 704. The zero-order chi connectivity index (χ0) is 14.2. The fourth-order valence-electron chi connectivity index (χ4n) is 2.17. The van der Waals surface area contributed by atoms with E-state index in [0.29, 0.717) is 5.39 Å². The second kappa shape index (κ2) is 5.00. The minimum absolute atomic E-state index is 0.0301. The Labute approximate surface area is 112 Å². The third-order valence-electron chi connectivity index (χ3n) is 3.06. The highest BCUT2D eigenvalue weighted by atomic mass is 16.1. The monoisotopic (exact) mass is 256 g/mol. The van der Waals surface area contributed by atoms with Crippen LogP contribution in [0.2, 0.25) is 0 Å². The number of benzene rings is 1. The largest absolute Gasteiger partial charge is 0.298 e. The lowest BCUT2D eigenvalue weighted by molar-refractivity contribution is -0.117. The molecule has 0 fully saturated rings. The summed E-state index contributed by atoms with van der Waals surface area (Å²) in [5.41, 5.74) is 1.76. The van der Waals surface area contributed by atoms with E-state index >= 15 is 0 Å². The van der Waals surface area contributed by atoms with E-state index in [4.69, 9.17) is 0 Å². The predicted molar refractivity (Wildman–Crippen MR) is 79.0 cm³/mol. The molecule has 0 radical (unpaired) electrons. The van der Waals surface area contributed by atoms with Crippen molar-refractivity contribution in [3.8, 4) is 0 Å². The zero-order valence-corrected chi connectivity index (χ0v) is 11.7. The molecule has 1 heterocycles. The maximum atomic E-state index is 12.3. The van der Waals surface area contributed by atoms with E-state index in [1.807, 2.05) is 39.9 Å². The highest BCUT2D eigenvalue weighted by Crippen LogP contribution is 2.19. The van der Waals surface area contributed by atoms with Gasteiger partial charge in [0.1, 0.15) is 14.4 Å². The molecule has 2 rings (SSSR count). The Balaban J connectivity index is 2.82. The van der Waals surface area contributed by atoms with E-state index in [1.54, 1.807) is 0 Å². The average molecular weight is 256 g/mol. The summed E-state index contributed by atoms with van der Waals surface area (Å²) in [5.74, 6) is 0.124. The normalized spacial score (nSPS) is 11.2. The smallest absolute Gasteiger partial charge is 0.275 e. The molecular weight excluding hydrogens is 239 g/mol. The molecule has 0 aliphatic carbocycles. The predicted octanol–water partition coefficient (Wildman–Crippen LogP) is 0.367. The average Bonchev–Trinajstić information content (AvgIpc) is 2.31. The van der Waals surface area contributed by atoms with Gasteiger partial charge in [-0.25, -0.2) is 4.68 Å². The number of ketones is 1. The first-order valence-corrected chi connectivity index (χ1v) is 6.41. The van der Waals surface area contributed by atoms with Gasteiger partial charge < -0.3 is 0 Å². The molecular formula is C14H17BN2O2. The molecule has 0 atom stereocenters. The first kappa shape index (κ1) is 13.5. The lowest BCUT2D eigenvalue weighted by atomic mass is 9.92. The molecule has 19 heavy (non-hydrogen) atoms. The van der Waals surface area contributed by atoms with Gasteiger partial charge in [0.2, 0.25) is 0 Å². The van der Waals surface area contributed by atoms with Gasteiger partial charge in [-0.15, -0.1) is 0 Å². The molecule has 2 aromatic rings. The molecule has 1 aromatic carbocycles. The molecule has 98 valence electrons. The number of Topliss-reactive ketones (excluding diaryl/α,β-unsaturated/α-hetero) is 1.